The SMILES string of the molecule is CCCCCCCCCCCCCCCCCCCC(=O)O[C@@H]1CO[C@H](CO)[C@@H](O)[C@@H]1O. The molecule has 0 radical (unpaired) electrons. The molecule has 32 heavy (non-hydrogen) atoms. The first-order valence-electron chi connectivity index (χ1n) is 13.4. The zero-order valence-electron chi connectivity index (χ0n) is 20.5. The van der Waals surface area contributed by atoms with E-state index in [2.05, 4.69) is 6.92 Å². The van der Waals surface area contributed by atoms with E-state index in [0.717, 1.165) is 19.3 Å². The van der Waals surface area contributed by atoms with Crippen molar-refractivity contribution in [2.45, 2.75) is 147 Å². The smallest absolute Gasteiger partial charge is 0.306 e. The van der Waals surface area contributed by atoms with Crippen LogP contribution >= 0.6 is 0 Å². The molecule has 0 aromatic rings. The standard InChI is InChI=1S/C26H50O6/c1-2-3-4-5-6-7-8-9-10-11-12-13-14-15-16-17-18-19-24(28)32-23-21-31-22(20-27)25(29)26(23)30/h22-23,25-27,29-30H,2-21H2,1H3/t22-,23-,25-,26-/m1/s1. The normalized spacial score (nSPS) is 23.4. The molecule has 0 amide bonds. The lowest BCUT2D eigenvalue weighted by molar-refractivity contribution is -0.210. The fourth-order valence-electron chi connectivity index (χ4n) is 4.34. The predicted octanol–water partition coefficient (Wildman–Crippen LogP) is 5.05. The molecule has 0 aliphatic carbocycles. The first kappa shape index (κ1) is 29.3. The quantitative estimate of drug-likeness (QED) is 0.174. The van der Waals surface area contributed by atoms with Crippen molar-refractivity contribution in [3.63, 3.8) is 0 Å². The van der Waals surface area contributed by atoms with E-state index >= 15 is 0 Å². The molecule has 0 unspecified atom stereocenters. The Kier molecular flexibility index (Phi) is 18.1. The Bertz CT molecular complexity index is 444. The van der Waals surface area contributed by atoms with E-state index in [1.165, 1.54) is 89.9 Å². The molecule has 0 bridgehead atoms. The van der Waals surface area contributed by atoms with Gasteiger partial charge in [-0.3, -0.25) is 4.79 Å². The van der Waals surface area contributed by atoms with Gasteiger partial charge in [0.05, 0.1) is 13.2 Å². The average Bonchev–Trinajstić information content (AvgIpc) is 2.79. The minimum atomic E-state index is -1.24. The summed E-state index contributed by atoms with van der Waals surface area (Å²) < 4.78 is 10.5. The summed E-state index contributed by atoms with van der Waals surface area (Å²) in [5.74, 6) is -0.367. The van der Waals surface area contributed by atoms with Crippen LogP contribution in [0.15, 0.2) is 0 Å². The second-order valence-corrected chi connectivity index (χ2v) is 9.47. The number of hydrogen-bond donors (Lipinski definition) is 3. The molecule has 0 saturated carbocycles. The Morgan fingerprint density at radius 2 is 1.19 bits per heavy atom. The molecule has 1 aliphatic heterocycles. The van der Waals surface area contributed by atoms with Crippen LogP contribution in [0, 0.1) is 0 Å². The highest BCUT2D eigenvalue weighted by Crippen LogP contribution is 2.19. The third-order valence-electron chi connectivity index (χ3n) is 6.53. The minimum Gasteiger partial charge on any atom is -0.457 e. The lowest BCUT2D eigenvalue weighted by Crippen LogP contribution is -2.55. The maximum atomic E-state index is 12.0. The van der Waals surface area contributed by atoms with Gasteiger partial charge in [0.2, 0.25) is 0 Å². The van der Waals surface area contributed by atoms with Crippen LogP contribution in [-0.2, 0) is 14.3 Å². The van der Waals surface area contributed by atoms with Crippen molar-refractivity contribution in [3.05, 3.63) is 0 Å². The lowest BCUT2D eigenvalue weighted by Gasteiger charge is -2.36. The summed E-state index contributed by atoms with van der Waals surface area (Å²) >= 11 is 0. The van der Waals surface area contributed by atoms with Crippen LogP contribution in [-0.4, -0.2) is 58.9 Å². The van der Waals surface area contributed by atoms with E-state index < -0.39 is 24.4 Å². The van der Waals surface area contributed by atoms with Crippen molar-refractivity contribution >= 4 is 5.97 Å². The van der Waals surface area contributed by atoms with Crippen molar-refractivity contribution in [2.75, 3.05) is 13.2 Å². The summed E-state index contributed by atoms with van der Waals surface area (Å²) in [5, 5.41) is 28.9. The summed E-state index contributed by atoms with van der Waals surface area (Å²) in [4.78, 5) is 12.0. The third kappa shape index (κ3) is 13.8. The van der Waals surface area contributed by atoms with Crippen LogP contribution in [0.4, 0.5) is 0 Å². The van der Waals surface area contributed by atoms with Crippen molar-refractivity contribution < 1.29 is 29.6 Å². The molecule has 1 saturated heterocycles. The number of esters is 1. The average molecular weight is 459 g/mol. The number of aliphatic hydroxyl groups excluding tert-OH is 3. The zero-order valence-corrected chi connectivity index (χ0v) is 20.5. The molecule has 1 rings (SSSR count). The first-order chi connectivity index (χ1) is 15.6. The molecule has 0 spiro atoms. The summed E-state index contributed by atoms with van der Waals surface area (Å²) in [6.45, 7) is 1.89. The Morgan fingerprint density at radius 3 is 1.62 bits per heavy atom. The topological polar surface area (TPSA) is 96.2 Å². The number of carbonyl (C=O) groups excluding carboxylic acids is 1. The molecule has 0 aromatic carbocycles. The fraction of sp³-hybridized carbons (Fsp3) is 0.962. The maximum absolute atomic E-state index is 12.0. The van der Waals surface area contributed by atoms with Gasteiger partial charge in [-0.25, -0.2) is 0 Å². The van der Waals surface area contributed by atoms with Gasteiger partial charge in [0.25, 0.3) is 0 Å². The van der Waals surface area contributed by atoms with E-state index in [-0.39, 0.29) is 19.2 Å². The summed E-state index contributed by atoms with van der Waals surface area (Å²) in [6, 6.07) is 0. The molecule has 1 aliphatic rings. The monoisotopic (exact) mass is 458 g/mol. The minimum absolute atomic E-state index is 0.00571. The molecule has 1 fully saturated rings. The Labute approximate surface area is 196 Å². The maximum Gasteiger partial charge on any atom is 0.306 e. The third-order valence-corrected chi connectivity index (χ3v) is 6.53. The van der Waals surface area contributed by atoms with Gasteiger partial charge in [0.1, 0.15) is 18.3 Å². The molecule has 3 N–H and O–H groups in total. The molecular weight excluding hydrogens is 408 g/mol. The van der Waals surface area contributed by atoms with Crippen LogP contribution in [0.5, 0.6) is 0 Å². The molecule has 0 aromatic heterocycles. The van der Waals surface area contributed by atoms with Gasteiger partial charge >= 0.3 is 5.97 Å². The highest BCUT2D eigenvalue weighted by molar-refractivity contribution is 5.69. The van der Waals surface area contributed by atoms with E-state index in [4.69, 9.17) is 14.6 Å². The lowest BCUT2D eigenvalue weighted by atomic mass is 10.0. The second kappa shape index (κ2) is 19.7. The van der Waals surface area contributed by atoms with Crippen LogP contribution in [0.2, 0.25) is 0 Å². The highest BCUT2D eigenvalue weighted by Gasteiger charge is 2.40. The number of aliphatic hydroxyl groups is 3. The van der Waals surface area contributed by atoms with Crippen LogP contribution in [0.3, 0.4) is 0 Å². The van der Waals surface area contributed by atoms with Gasteiger partial charge < -0.3 is 24.8 Å². The van der Waals surface area contributed by atoms with Crippen LogP contribution in [0.25, 0.3) is 0 Å². The Morgan fingerprint density at radius 1 is 0.750 bits per heavy atom. The van der Waals surface area contributed by atoms with Gasteiger partial charge in [-0.15, -0.1) is 0 Å². The van der Waals surface area contributed by atoms with Crippen molar-refractivity contribution in [1.29, 1.82) is 0 Å². The molecule has 190 valence electrons. The van der Waals surface area contributed by atoms with Crippen molar-refractivity contribution in [3.8, 4) is 0 Å². The van der Waals surface area contributed by atoms with Crippen molar-refractivity contribution in [1.82, 2.24) is 0 Å². The summed E-state index contributed by atoms with van der Waals surface area (Å²) in [6.07, 6.45) is 18.2. The van der Waals surface area contributed by atoms with E-state index in [9.17, 15) is 15.0 Å². The molecule has 4 atom stereocenters. The van der Waals surface area contributed by atoms with Gasteiger partial charge in [-0.1, -0.05) is 110 Å². The number of hydrogen-bond acceptors (Lipinski definition) is 6. The molecular formula is C26H50O6. The van der Waals surface area contributed by atoms with E-state index in [1.807, 2.05) is 0 Å². The van der Waals surface area contributed by atoms with Gasteiger partial charge in [0.15, 0.2) is 6.10 Å². The number of unbranched alkanes of at least 4 members (excludes halogenated alkanes) is 16. The van der Waals surface area contributed by atoms with Gasteiger partial charge in [-0.05, 0) is 6.42 Å². The molecule has 1 heterocycles. The Hall–Kier alpha value is -0.690. The molecule has 6 nitrogen and oxygen atoms in total. The summed E-state index contributed by atoms with van der Waals surface area (Å²) in [7, 11) is 0. The summed E-state index contributed by atoms with van der Waals surface area (Å²) in [5.41, 5.74) is 0. The fourth-order valence-corrected chi connectivity index (χ4v) is 4.34. The predicted molar refractivity (Wildman–Crippen MR) is 127 cm³/mol. The van der Waals surface area contributed by atoms with Crippen LogP contribution < -0.4 is 0 Å². The zero-order chi connectivity index (χ0) is 23.4. The van der Waals surface area contributed by atoms with E-state index in [1.54, 1.807) is 0 Å². The van der Waals surface area contributed by atoms with Crippen LogP contribution in [0.1, 0.15) is 122 Å². The first-order valence-corrected chi connectivity index (χ1v) is 13.4. The molecule has 6 heteroatoms. The Balaban J connectivity index is 1.84. The highest BCUT2D eigenvalue weighted by atomic mass is 16.6. The van der Waals surface area contributed by atoms with Gasteiger partial charge in [-0.2, -0.15) is 0 Å². The van der Waals surface area contributed by atoms with Crippen molar-refractivity contribution in [2.24, 2.45) is 0 Å². The number of carbonyl (C=O) groups is 1. The second-order valence-electron chi connectivity index (χ2n) is 9.47. The van der Waals surface area contributed by atoms with Gasteiger partial charge in [0, 0.05) is 6.42 Å². The number of ether oxygens (including phenoxy) is 2. The van der Waals surface area contributed by atoms with E-state index in [0.29, 0.717) is 6.42 Å². The number of rotatable bonds is 20. The largest absolute Gasteiger partial charge is 0.457 e.